The molecule has 3 amide bonds. The Labute approximate surface area is 149 Å². The van der Waals surface area contributed by atoms with Gasteiger partial charge in [-0.25, -0.2) is 9.18 Å². The van der Waals surface area contributed by atoms with Crippen molar-refractivity contribution in [1.29, 1.82) is 0 Å². The van der Waals surface area contributed by atoms with E-state index in [1.807, 2.05) is 14.0 Å². The van der Waals surface area contributed by atoms with Gasteiger partial charge in [-0.3, -0.25) is 4.79 Å². The summed E-state index contributed by atoms with van der Waals surface area (Å²) in [6, 6.07) is 5.36. The maximum absolute atomic E-state index is 12.9. The molecule has 0 saturated heterocycles. The summed E-state index contributed by atoms with van der Waals surface area (Å²) in [4.78, 5) is 26.7. The van der Waals surface area contributed by atoms with Crippen LogP contribution < -0.4 is 10.6 Å². The Hall–Kier alpha value is -2.11. The fourth-order valence-electron chi connectivity index (χ4n) is 3.26. The smallest absolute Gasteiger partial charge is 0.315 e. The fourth-order valence-corrected chi connectivity index (χ4v) is 3.26. The Morgan fingerprint density at radius 2 is 1.88 bits per heavy atom. The molecule has 2 rings (SSSR count). The Morgan fingerprint density at radius 1 is 1.24 bits per heavy atom. The highest BCUT2D eigenvalue weighted by Gasteiger charge is 2.29. The third-order valence-corrected chi connectivity index (χ3v) is 4.77. The highest BCUT2D eigenvalue weighted by Crippen LogP contribution is 2.23. The van der Waals surface area contributed by atoms with Gasteiger partial charge in [0, 0.05) is 19.6 Å². The molecule has 1 unspecified atom stereocenters. The Balaban J connectivity index is 1.87. The van der Waals surface area contributed by atoms with Crippen LogP contribution in [0, 0.1) is 5.82 Å². The molecule has 1 aliphatic rings. The second-order valence-electron chi connectivity index (χ2n) is 6.68. The first-order valence-electron chi connectivity index (χ1n) is 9.06. The molecule has 25 heavy (non-hydrogen) atoms. The molecule has 0 spiro atoms. The van der Waals surface area contributed by atoms with Crippen molar-refractivity contribution in [3.63, 3.8) is 0 Å². The molecule has 0 radical (unpaired) electrons. The van der Waals surface area contributed by atoms with E-state index in [-0.39, 0.29) is 30.3 Å². The second kappa shape index (κ2) is 9.39. The molecule has 138 valence electrons. The van der Waals surface area contributed by atoms with Gasteiger partial charge in [0.15, 0.2) is 0 Å². The van der Waals surface area contributed by atoms with Crippen LogP contribution in [0.1, 0.15) is 51.0 Å². The quantitative estimate of drug-likeness (QED) is 0.794. The highest BCUT2D eigenvalue weighted by molar-refractivity contribution is 5.87. The van der Waals surface area contributed by atoms with Crippen molar-refractivity contribution in [3.8, 4) is 0 Å². The van der Waals surface area contributed by atoms with Crippen molar-refractivity contribution in [1.82, 2.24) is 15.5 Å². The average Bonchev–Trinajstić information content (AvgIpc) is 3.14. The topological polar surface area (TPSA) is 61.4 Å². The third-order valence-electron chi connectivity index (χ3n) is 4.77. The SMILES string of the molecule is CCCC(NC(=O)NCc1ccc(F)cc1)C(=O)N(C)C1CCCC1. The molecule has 0 aliphatic heterocycles. The van der Waals surface area contributed by atoms with Gasteiger partial charge in [-0.15, -0.1) is 0 Å². The van der Waals surface area contributed by atoms with Crippen LogP contribution in [0.5, 0.6) is 0 Å². The van der Waals surface area contributed by atoms with Crippen molar-refractivity contribution in [2.45, 2.75) is 64.1 Å². The number of hydrogen-bond donors (Lipinski definition) is 2. The molecule has 1 saturated carbocycles. The van der Waals surface area contributed by atoms with Crippen molar-refractivity contribution in [2.24, 2.45) is 0 Å². The predicted octanol–water partition coefficient (Wildman–Crippen LogP) is 3.19. The van der Waals surface area contributed by atoms with Gasteiger partial charge in [0.2, 0.25) is 5.91 Å². The highest BCUT2D eigenvalue weighted by atomic mass is 19.1. The maximum Gasteiger partial charge on any atom is 0.315 e. The lowest BCUT2D eigenvalue weighted by Gasteiger charge is -2.29. The molecule has 1 fully saturated rings. The van der Waals surface area contributed by atoms with Gasteiger partial charge < -0.3 is 15.5 Å². The normalized spacial score (nSPS) is 15.6. The largest absolute Gasteiger partial charge is 0.341 e. The van der Waals surface area contributed by atoms with E-state index in [4.69, 9.17) is 0 Å². The lowest BCUT2D eigenvalue weighted by atomic mass is 10.1. The molecule has 0 aromatic heterocycles. The molecular weight excluding hydrogens is 321 g/mol. The van der Waals surface area contributed by atoms with Crippen LogP contribution in [-0.2, 0) is 11.3 Å². The number of urea groups is 1. The number of hydrogen-bond acceptors (Lipinski definition) is 2. The molecule has 5 nitrogen and oxygen atoms in total. The van der Waals surface area contributed by atoms with Crippen LogP contribution in [0.2, 0.25) is 0 Å². The van der Waals surface area contributed by atoms with Gasteiger partial charge in [-0.1, -0.05) is 38.3 Å². The number of nitrogens with one attached hydrogen (secondary N) is 2. The number of halogens is 1. The zero-order chi connectivity index (χ0) is 18.2. The van der Waals surface area contributed by atoms with E-state index in [0.29, 0.717) is 6.42 Å². The number of carbonyl (C=O) groups is 2. The van der Waals surface area contributed by atoms with Gasteiger partial charge in [-0.2, -0.15) is 0 Å². The number of nitrogens with zero attached hydrogens (tertiary/aromatic N) is 1. The van der Waals surface area contributed by atoms with E-state index in [0.717, 1.165) is 37.7 Å². The van der Waals surface area contributed by atoms with Crippen molar-refractivity contribution >= 4 is 11.9 Å². The standard InChI is InChI=1S/C19H28FN3O2/c1-3-6-17(18(24)23(2)16-7-4-5-8-16)22-19(25)21-13-14-9-11-15(20)12-10-14/h9-12,16-17H,3-8,13H2,1-2H3,(H2,21,22,25). The van der Waals surface area contributed by atoms with E-state index >= 15 is 0 Å². The first-order valence-corrected chi connectivity index (χ1v) is 9.06. The van der Waals surface area contributed by atoms with Gasteiger partial charge in [-0.05, 0) is 37.0 Å². The van der Waals surface area contributed by atoms with Crippen LogP contribution >= 0.6 is 0 Å². The van der Waals surface area contributed by atoms with E-state index in [2.05, 4.69) is 10.6 Å². The molecule has 1 aliphatic carbocycles. The monoisotopic (exact) mass is 349 g/mol. The molecular formula is C19H28FN3O2. The molecule has 0 bridgehead atoms. The van der Waals surface area contributed by atoms with Crippen LogP contribution in [0.3, 0.4) is 0 Å². The molecule has 1 aromatic rings. The van der Waals surface area contributed by atoms with Gasteiger partial charge in [0.25, 0.3) is 0 Å². The number of likely N-dealkylation sites (N-methyl/N-ethyl adjacent to an activating group) is 1. The summed E-state index contributed by atoms with van der Waals surface area (Å²) in [7, 11) is 1.83. The number of carbonyl (C=O) groups excluding carboxylic acids is 2. The Bertz CT molecular complexity index is 571. The summed E-state index contributed by atoms with van der Waals surface area (Å²) < 4.78 is 12.9. The third kappa shape index (κ3) is 5.73. The minimum atomic E-state index is -0.510. The minimum Gasteiger partial charge on any atom is -0.341 e. The van der Waals surface area contributed by atoms with E-state index in [1.54, 1.807) is 17.0 Å². The maximum atomic E-state index is 12.9. The van der Waals surface area contributed by atoms with Gasteiger partial charge in [0.05, 0.1) is 0 Å². The molecule has 0 heterocycles. The lowest BCUT2D eigenvalue weighted by molar-refractivity contribution is -0.134. The summed E-state index contributed by atoms with van der Waals surface area (Å²) in [5, 5.41) is 5.52. The van der Waals surface area contributed by atoms with Crippen LogP contribution in [0.25, 0.3) is 0 Å². The zero-order valence-corrected chi connectivity index (χ0v) is 15.1. The average molecular weight is 349 g/mol. The summed E-state index contributed by atoms with van der Waals surface area (Å²) >= 11 is 0. The van der Waals surface area contributed by atoms with Gasteiger partial charge >= 0.3 is 6.03 Å². The van der Waals surface area contributed by atoms with E-state index < -0.39 is 6.04 Å². The number of rotatable bonds is 7. The second-order valence-corrected chi connectivity index (χ2v) is 6.68. The van der Waals surface area contributed by atoms with Crippen molar-refractivity contribution < 1.29 is 14.0 Å². The summed E-state index contributed by atoms with van der Waals surface area (Å²) in [5.74, 6) is -0.331. The molecule has 1 aromatic carbocycles. The summed E-state index contributed by atoms with van der Waals surface area (Å²) in [6.07, 6.45) is 5.82. The van der Waals surface area contributed by atoms with Crippen LogP contribution in [-0.4, -0.2) is 36.0 Å². The first-order chi connectivity index (χ1) is 12.0. The zero-order valence-electron chi connectivity index (χ0n) is 15.1. The minimum absolute atomic E-state index is 0.0225. The summed E-state index contributed by atoms with van der Waals surface area (Å²) in [5.41, 5.74) is 0.804. The van der Waals surface area contributed by atoms with Crippen LogP contribution in [0.15, 0.2) is 24.3 Å². The van der Waals surface area contributed by atoms with E-state index in [9.17, 15) is 14.0 Å². The fraction of sp³-hybridized carbons (Fsp3) is 0.579. The van der Waals surface area contributed by atoms with Crippen LogP contribution in [0.4, 0.5) is 9.18 Å². The molecule has 6 heteroatoms. The molecule has 1 atom stereocenters. The molecule has 2 N–H and O–H groups in total. The first kappa shape index (κ1) is 19.2. The Morgan fingerprint density at radius 3 is 2.48 bits per heavy atom. The lowest BCUT2D eigenvalue weighted by Crippen LogP contribution is -2.52. The number of benzene rings is 1. The summed E-state index contributed by atoms with van der Waals surface area (Å²) in [6.45, 7) is 2.28. The Kier molecular flexibility index (Phi) is 7.22. The number of amides is 3. The van der Waals surface area contributed by atoms with Gasteiger partial charge in [0.1, 0.15) is 11.9 Å². The van der Waals surface area contributed by atoms with Crippen molar-refractivity contribution in [2.75, 3.05) is 7.05 Å². The predicted molar refractivity (Wildman–Crippen MR) is 95.5 cm³/mol. The van der Waals surface area contributed by atoms with Crippen molar-refractivity contribution in [3.05, 3.63) is 35.6 Å². The van der Waals surface area contributed by atoms with E-state index in [1.165, 1.54) is 12.1 Å².